The molecular formula is C15H30IN7O. The summed E-state index contributed by atoms with van der Waals surface area (Å²) in [5.41, 5.74) is 0. The summed E-state index contributed by atoms with van der Waals surface area (Å²) in [7, 11) is 1.96. The number of nitrogens with zero attached hydrogens (tertiary/aromatic N) is 5. The van der Waals surface area contributed by atoms with Crippen LogP contribution in [0.5, 0.6) is 0 Å². The summed E-state index contributed by atoms with van der Waals surface area (Å²) in [5, 5.41) is 15.0. The van der Waals surface area contributed by atoms with Crippen molar-refractivity contribution in [1.82, 2.24) is 30.3 Å². The van der Waals surface area contributed by atoms with E-state index in [1.54, 1.807) is 0 Å². The van der Waals surface area contributed by atoms with E-state index in [0.29, 0.717) is 6.54 Å². The molecule has 1 fully saturated rings. The van der Waals surface area contributed by atoms with Gasteiger partial charge in [0.2, 0.25) is 0 Å². The predicted octanol–water partition coefficient (Wildman–Crippen LogP) is 0.519. The second-order valence-corrected chi connectivity index (χ2v) is 5.69. The van der Waals surface area contributed by atoms with Gasteiger partial charge in [-0.3, -0.25) is 4.90 Å². The zero-order chi connectivity index (χ0) is 16.5. The Labute approximate surface area is 161 Å². The molecule has 8 nitrogen and oxygen atoms in total. The largest absolute Gasteiger partial charge is 0.379 e. The van der Waals surface area contributed by atoms with Crippen molar-refractivity contribution in [2.24, 2.45) is 12.0 Å². The van der Waals surface area contributed by atoms with E-state index in [2.05, 4.69) is 37.6 Å². The fourth-order valence-corrected chi connectivity index (χ4v) is 2.31. The summed E-state index contributed by atoms with van der Waals surface area (Å²) < 4.78 is 7.33. The van der Waals surface area contributed by atoms with Gasteiger partial charge < -0.3 is 19.9 Å². The van der Waals surface area contributed by atoms with Gasteiger partial charge in [0.15, 0.2) is 11.8 Å². The maximum Gasteiger partial charge on any atom is 0.191 e. The zero-order valence-corrected chi connectivity index (χ0v) is 17.2. The number of aryl methyl sites for hydroxylation is 1. The van der Waals surface area contributed by atoms with Gasteiger partial charge in [-0.05, 0) is 13.3 Å². The molecule has 9 heteroatoms. The Morgan fingerprint density at radius 2 is 1.92 bits per heavy atom. The van der Waals surface area contributed by atoms with E-state index >= 15 is 0 Å². The summed E-state index contributed by atoms with van der Waals surface area (Å²) in [6, 6.07) is 0. The van der Waals surface area contributed by atoms with E-state index in [1.807, 2.05) is 18.5 Å². The molecule has 2 heterocycles. The number of aliphatic imine (C=N–C) groups is 1. The van der Waals surface area contributed by atoms with Crippen LogP contribution in [0.4, 0.5) is 0 Å². The highest BCUT2D eigenvalue weighted by molar-refractivity contribution is 14.0. The highest BCUT2D eigenvalue weighted by Gasteiger charge is 2.10. The van der Waals surface area contributed by atoms with Crippen LogP contribution in [0.25, 0.3) is 0 Å². The fraction of sp³-hybridized carbons (Fsp3) is 0.800. The third-order valence-electron chi connectivity index (χ3n) is 3.93. The molecule has 0 radical (unpaired) electrons. The minimum absolute atomic E-state index is 0. The molecular weight excluding hydrogens is 421 g/mol. The van der Waals surface area contributed by atoms with Crippen LogP contribution < -0.4 is 10.6 Å². The molecule has 1 aliphatic heterocycles. The van der Waals surface area contributed by atoms with Crippen molar-refractivity contribution >= 4 is 29.9 Å². The van der Waals surface area contributed by atoms with Crippen molar-refractivity contribution < 1.29 is 4.74 Å². The monoisotopic (exact) mass is 451 g/mol. The first-order valence-corrected chi connectivity index (χ1v) is 8.38. The van der Waals surface area contributed by atoms with Gasteiger partial charge >= 0.3 is 0 Å². The number of rotatable bonds is 7. The van der Waals surface area contributed by atoms with Crippen molar-refractivity contribution in [1.29, 1.82) is 0 Å². The molecule has 2 rings (SSSR count). The molecule has 0 aromatic carbocycles. The lowest BCUT2D eigenvalue weighted by Crippen LogP contribution is -2.44. The molecule has 138 valence electrons. The number of hydrogen-bond acceptors (Lipinski definition) is 5. The van der Waals surface area contributed by atoms with Gasteiger partial charge in [0.25, 0.3) is 0 Å². The number of aromatic nitrogens is 3. The SMILES string of the molecule is CCCNC(=NCc1nnc(C)n1C)NCCN1CCOCC1.I. The number of ether oxygens (including phenoxy) is 1. The maximum absolute atomic E-state index is 5.37. The van der Waals surface area contributed by atoms with Crippen LogP contribution in [-0.2, 0) is 18.3 Å². The molecule has 24 heavy (non-hydrogen) atoms. The van der Waals surface area contributed by atoms with Gasteiger partial charge in [-0.15, -0.1) is 34.2 Å². The Morgan fingerprint density at radius 3 is 2.54 bits per heavy atom. The maximum atomic E-state index is 5.37. The second kappa shape index (κ2) is 11.6. The lowest BCUT2D eigenvalue weighted by Gasteiger charge is -2.26. The van der Waals surface area contributed by atoms with Gasteiger partial charge in [-0.1, -0.05) is 6.92 Å². The molecule has 0 bridgehead atoms. The average Bonchev–Trinajstić information content (AvgIpc) is 2.89. The first kappa shape index (κ1) is 21.1. The predicted molar refractivity (Wildman–Crippen MR) is 106 cm³/mol. The standard InChI is InChI=1S/C15H29N7O.HI/c1-4-5-16-15(17-6-7-22-8-10-23-11-9-22)18-12-14-20-19-13(2)21(14)3;/h4-12H2,1-3H3,(H2,16,17,18);1H. The van der Waals surface area contributed by atoms with E-state index in [9.17, 15) is 0 Å². The minimum Gasteiger partial charge on any atom is -0.379 e. The van der Waals surface area contributed by atoms with Crippen LogP contribution in [0.15, 0.2) is 4.99 Å². The van der Waals surface area contributed by atoms with E-state index in [-0.39, 0.29) is 24.0 Å². The Bertz CT molecular complexity index is 500. The number of halogens is 1. The van der Waals surface area contributed by atoms with Crippen LogP contribution in [0, 0.1) is 6.92 Å². The number of nitrogens with one attached hydrogen (secondary N) is 2. The van der Waals surface area contributed by atoms with Crippen LogP contribution in [0.3, 0.4) is 0 Å². The van der Waals surface area contributed by atoms with Crippen molar-refractivity contribution in [3.8, 4) is 0 Å². The molecule has 0 saturated carbocycles. The molecule has 0 amide bonds. The Balaban J connectivity index is 0.00000288. The first-order valence-electron chi connectivity index (χ1n) is 8.38. The third-order valence-corrected chi connectivity index (χ3v) is 3.93. The number of guanidine groups is 1. The Hall–Kier alpha value is -0.940. The van der Waals surface area contributed by atoms with Crippen LogP contribution in [0.2, 0.25) is 0 Å². The summed E-state index contributed by atoms with van der Waals surface area (Å²) in [5.74, 6) is 2.60. The van der Waals surface area contributed by atoms with Crippen LogP contribution in [-0.4, -0.2) is 71.6 Å². The fourth-order valence-electron chi connectivity index (χ4n) is 2.31. The Kier molecular flexibility index (Phi) is 10.2. The van der Waals surface area contributed by atoms with Gasteiger partial charge in [0.1, 0.15) is 12.4 Å². The third kappa shape index (κ3) is 6.89. The molecule has 1 aromatic rings. The molecule has 0 spiro atoms. The molecule has 1 saturated heterocycles. The van der Waals surface area contributed by atoms with E-state index in [4.69, 9.17) is 4.74 Å². The number of hydrogen-bond donors (Lipinski definition) is 2. The molecule has 1 aromatic heterocycles. The van der Waals surface area contributed by atoms with Gasteiger partial charge in [0.05, 0.1) is 13.2 Å². The van der Waals surface area contributed by atoms with Crippen molar-refractivity contribution in [3.63, 3.8) is 0 Å². The van der Waals surface area contributed by atoms with E-state index in [0.717, 1.165) is 70.0 Å². The summed E-state index contributed by atoms with van der Waals surface area (Å²) in [6.07, 6.45) is 1.06. The second-order valence-electron chi connectivity index (χ2n) is 5.69. The van der Waals surface area contributed by atoms with Crippen LogP contribution >= 0.6 is 24.0 Å². The van der Waals surface area contributed by atoms with Crippen molar-refractivity contribution in [2.45, 2.75) is 26.8 Å². The number of morpholine rings is 1. The van der Waals surface area contributed by atoms with E-state index in [1.165, 1.54) is 0 Å². The lowest BCUT2D eigenvalue weighted by atomic mass is 10.4. The zero-order valence-electron chi connectivity index (χ0n) is 14.9. The van der Waals surface area contributed by atoms with Gasteiger partial charge in [-0.25, -0.2) is 4.99 Å². The van der Waals surface area contributed by atoms with Crippen LogP contribution in [0.1, 0.15) is 25.0 Å². The molecule has 0 aliphatic carbocycles. The summed E-state index contributed by atoms with van der Waals surface area (Å²) in [4.78, 5) is 7.02. The average molecular weight is 451 g/mol. The molecule has 0 atom stereocenters. The minimum atomic E-state index is 0. The quantitative estimate of drug-likeness (QED) is 0.358. The highest BCUT2D eigenvalue weighted by Crippen LogP contribution is 1.99. The first-order chi connectivity index (χ1) is 11.2. The van der Waals surface area contributed by atoms with Gasteiger partial charge in [-0.2, -0.15) is 0 Å². The van der Waals surface area contributed by atoms with Gasteiger partial charge in [0, 0.05) is 39.8 Å². The lowest BCUT2D eigenvalue weighted by molar-refractivity contribution is 0.0389. The molecule has 1 aliphatic rings. The van der Waals surface area contributed by atoms with Crippen molar-refractivity contribution in [2.75, 3.05) is 45.9 Å². The normalized spacial score (nSPS) is 15.9. The molecule has 2 N–H and O–H groups in total. The highest BCUT2D eigenvalue weighted by atomic mass is 127. The van der Waals surface area contributed by atoms with E-state index < -0.39 is 0 Å². The molecule has 0 unspecified atom stereocenters. The van der Waals surface area contributed by atoms with Crippen molar-refractivity contribution in [3.05, 3.63) is 11.6 Å². The Morgan fingerprint density at radius 1 is 1.21 bits per heavy atom. The summed E-state index contributed by atoms with van der Waals surface area (Å²) in [6.45, 7) is 11.1. The summed E-state index contributed by atoms with van der Waals surface area (Å²) >= 11 is 0. The smallest absolute Gasteiger partial charge is 0.191 e. The topological polar surface area (TPSA) is 79.6 Å².